The summed E-state index contributed by atoms with van der Waals surface area (Å²) in [6.07, 6.45) is 8.71. The van der Waals surface area contributed by atoms with Gasteiger partial charge in [0.05, 0.1) is 0 Å². The Hall–Kier alpha value is -4.31. The van der Waals surface area contributed by atoms with Crippen molar-refractivity contribution >= 4 is 23.5 Å². The first-order valence-corrected chi connectivity index (χ1v) is 13.6. The zero-order valence-corrected chi connectivity index (χ0v) is 21.9. The van der Waals surface area contributed by atoms with Crippen LogP contribution in [0, 0.1) is 0 Å². The van der Waals surface area contributed by atoms with Gasteiger partial charge in [0.2, 0.25) is 17.8 Å². The molecule has 0 unspecified atom stereocenters. The lowest BCUT2D eigenvalue weighted by Gasteiger charge is -2.34. The summed E-state index contributed by atoms with van der Waals surface area (Å²) in [6, 6.07) is 18.3. The van der Waals surface area contributed by atoms with Crippen LogP contribution in [0.4, 0.5) is 23.5 Å². The SMILES string of the molecule is c1ccc(Cc2cnc(N3CCN(c4ncnc(Nc5ccc(O[C@@H]6CCCNC6)cc5)n4)CC3)nc2)cc1. The van der Waals surface area contributed by atoms with E-state index in [2.05, 4.69) is 69.6 Å². The van der Waals surface area contributed by atoms with E-state index in [1.807, 2.05) is 42.7 Å². The Morgan fingerprint density at radius 1 is 0.821 bits per heavy atom. The Morgan fingerprint density at radius 3 is 2.28 bits per heavy atom. The van der Waals surface area contributed by atoms with E-state index in [-0.39, 0.29) is 6.10 Å². The second-order valence-electron chi connectivity index (χ2n) is 9.87. The molecule has 2 N–H and O–H groups in total. The zero-order valence-electron chi connectivity index (χ0n) is 21.9. The van der Waals surface area contributed by atoms with Gasteiger partial charge in [0.25, 0.3) is 0 Å². The van der Waals surface area contributed by atoms with Crippen molar-refractivity contribution in [3.63, 3.8) is 0 Å². The van der Waals surface area contributed by atoms with E-state index < -0.39 is 0 Å². The third kappa shape index (κ3) is 6.58. The normalized spacial score (nSPS) is 17.6. The van der Waals surface area contributed by atoms with E-state index in [9.17, 15) is 0 Å². The summed E-state index contributed by atoms with van der Waals surface area (Å²) >= 11 is 0. The summed E-state index contributed by atoms with van der Waals surface area (Å²) in [5.41, 5.74) is 3.27. The summed E-state index contributed by atoms with van der Waals surface area (Å²) in [5.74, 6) is 2.82. The van der Waals surface area contributed by atoms with Gasteiger partial charge in [0.1, 0.15) is 18.2 Å². The van der Waals surface area contributed by atoms with Crippen LogP contribution in [0.2, 0.25) is 0 Å². The minimum Gasteiger partial charge on any atom is -0.489 e. The van der Waals surface area contributed by atoms with Crippen molar-refractivity contribution in [1.82, 2.24) is 30.2 Å². The van der Waals surface area contributed by atoms with Crippen molar-refractivity contribution in [3.8, 4) is 5.75 Å². The molecule has 4 heterocycles. The molecule has 0 aliphatic carbocycles. The van der Waals surface area contributed by atoms with Crippen LogP contribution in [0.1, 0.15) is 24.0 Å². The minimum atomic E-state index is 0.231. The highest BCUT2D eigenvalue weighted by atomic mass is 16.5. The topological polar surface area (TPSA) is 104 Å². The number of rotatable bonds is 8. The Labute approximate surface area is 228 Å². The van der Waals surface area contributed by atoms with Gasteiger partial charge in [-0.15, -0.1) is 0 Å². The average Bonchev–Trinajstić information content (AvgIpc) is 3.00. The molecule has 0 radical (unpaired) electrons. The maximum atomic E-state index is 6.08. The molecule has 2 saturated heterocycles. The molecule has 2 aromatic heterocycles. The summed E-state index contributed by atoms with van der Waals surface area (Å²) in [4.78, 5) is 27.0. The van der Waals surface area contributed by atoms with Crippen molar-refractivity contribution < 1.29 is 4.74 Å². The van der Waals surface area contributed by atoms with Crippen LogP contribution in [0.5, 0.6) is 5.75 Å². The number of hydrogen-bond acceptors (Lipinski definition) is 10. The summed E-state index contributed by atoms with van der Waals surface area (Å²) < 4.78 is 6.08. The summed E-state index contributed by atoms with van der Waals surface area (Å²) in [6.45, 7) is 5.12. The second-order valence-corrected chi connectivity index (χ2v) is 9.87. The van der Waals surface area contributed by atoms with E-state index in [1.165, 1.54) is 5.56 Å². The third-order valence-corrected chi connectivity index (χ3v) is 7.01. The van der Waals surface area contributed by atoms with Crippen LogP contribution in [0.25, 0.3) is 0 Å². The van der Waals surface area contributed by atoms with E-state index in [0.717, 1.165) is 81.5 Å². The summed E-state index contributed by atoms with van der Waals surface area (Å²) in [5, 5.41) is 6.66. The molecule has 2 fully saturated rings. The smallest absolute Gasteiger partial charge is 0.231 e. The number of benzene rings is 2. The number of piperazine rings is 1. The number of piperidine rings is 1. The highest BCUT2D eigenvalue weighted by Gasteiger charge is 2.21. The molecule has 4 aromatic rings. The molecule has 1 atom stereocenters. The first-order chi connectivity index (χ1) is 19.3. The largest absolute Gasteiger partial charge is 0.489 e. The third-order valence-electron chi connectivity index (χ3n) is 7.01. The molecule has 0 amide bonds. The number of hydrogen-bond donors (Lipinski definition) is 2. The molecule has 6 rings (SSSR count). The molecule has 2 aromatic carbocycles. The lowest BCUT2D eigenvalue weighted by Crippen LogP contribution is -2.47. The van der Waals surface area contributed by atoms with Gasteiger partial charge in [-0.25, -0.2) is 19.9 Å². The summed E-state index contributed by atoms with van der Waals surface area (Å²) in [7, 11) is 0. The molecule has 10 heteroatoms. The van der Waals surface area contributed by atoms with E-state index in [4.69, 9.17) is 4.74 Å². The highest BCUT2D eigenvalue weighted by molar-refractivity contribution is 5.55. The second kappa shape index (κ2) is 12.0. The number of aromatic nitrogens is 5. The van der Waals surface area contributed by atoms with Crippen LogP contribution >= 0.6 is 0 Å². The van der Waals surface area contributed by atoms with E-state index in [1.54, 1.807) is 6.33 Å². The molecule has 2 aliphatic heterocycles. The maximum absolute atomic E-state index is 6.08. The van der Waals surface area contributed by atoms with Gasteiger partial charge >= 0.3 is 0 Å². The van der Waals surface area contributed by atoms with Gasteiger partial charge in [-0.2, -0.15) is 4.98 Å². The predicted molar refractivity (Wildman–Crippen MR) is 152 cm³/mol. The molecular weight excluding hydrogens is 490 g/mol. The molecule has 39 heavy (non-hydrogen) atoms. The van der Waals surface area contributed by atoms with Crippen molar-refractivity contribution in [2.45, 2.75) is 25.4 Å². The fourth-order valence-electron chi connectivity index (χ4n) is 4.90. The first-order valence-electron chi connectivity index (χ1n) is 13.6. The average molecular weight is 524 g/mol. The number of anilines is 4. The van der Waals surface area contributed by atoms with Gasteiger partial charge < -0.3 is 25.2 Å². The van der Waals surface area contributed by atoms with Gasteiger partial charge in [-0.1, -0.05) is 30.3 Å². The number of nitrogens with one attached hydrogen (secondary N) is 2. The molecule has 0 bridgehead atoms. The lowest BCUT2D eigenvalue weighted by molar-refractivity contribution is 0.167. The fourth-order valence-corrected chi connectivity index (χ4v) is 4.90. The number of nitrogens with zero attached hydrogens (tertiary/aromatic N) is 7. The maximum Gasteiger partial charge on any atom is 0.231 e. The first kappa shape index (κ1) is 25.0. The van der Waals surface area contributed by atoms with Crippen LogP contribution in [-0.4, -0.2) is 70.3 Å². The fraction of sp³-hybridized carbons (Fsp3) is 0.345. The monoisotopic (exact) mass is 523 g/mol. The van der Waals surface area contributed by atoms with Gasteiger partial charge in [0, 0.05) is 57.2 Å². The zero-order chi connectivity index (χ0) is 26.3. The molecule has 0 saturated carbocycles. The Bertz CT molecular complexity index is 1320. The predicted octanol–water partition coefficient (Wildman–Crippen LogP) is 3.45. The standard InChI is InChI=1S/C29H33N9O/c1-2-5-22(6-3-1)17-23-18-31-28(32-19-23)37-13-15-38(16-14-37)29-34-21-33-27(36-29)35-24-8-10-25(11-9-24)39-26-7-4-12-30-20-26/h1-3,5-6,8-11,18-19,21,26,30H,4,7,12-17,20H2,(H,33,34,35,36)/t26-/m1/s1. The van der Waals surface area contributed by atoms with Crippen molar-refractivity contribution in [2.75, 3.05) is 54.4 Å². The molecular formula is C29H33N9O. The van der Waals surface area contributed by atoms with Gasteiger partial charge in [-0.3, -0.25) is 0 Å². The van der Waals surface area contributed by atoms with Crippen LogP contribution in [0.3, 0.4) is 0 Å². The molecule has 0 spiro atoms. The van der Waals surface area contributed by atoms with Crippen LogP contribution in [-0.2, 0) is 6.42 Å². The molecule has 200 valence electrons. The van der Waals surface area contributed by atoms with Crippen molar-refractivity contribution in [1.29, 1.82) is 0 Å². The Kier molecular flexibility index (Phi) is 7.71. The Morgan fingerprint density at radius 2 is 1.56 bits per heavy atom. The van der Waals surface area contributed by atoms with Crippen LogP contribution in [0.15, 0.2) is 73.3 Å². The van der Waals surface area contributed by atoms with Crippen molar-refractivity contribution in [3.05, 3.63) is 84.4 Å². The molecule has 2 aliphatic rings. The number of ether oxygens (including phenoxy) is 1. The minimum absolute atomic E-state index is 0.231. The molecule has 10 nitrogen and oxygen atoms in total. The van der Waals surface area contributed by atoms with E-state index in [0.29, 0.717) is 11.9 Å². The lowest BCUT2D eigenvalue weighted by atomic mass is 10.1. The highest BCUT2D eigenvalue weighted by Crippen LogP contribution is 2.22. The Balaban J connectivity index is 1.01. The van der Waals surface area contributed by atoms with Gasteiger partial charge in [-0.05, 0) is 54.8 Å². The van der Waals surface area contributed by atoms with Crippen molar-refractivity contribution in [2.24, 2.45) is 0 Å². The quantitative estimate of drug-likeness (QED) is 0.357. The van der Waals surface area contributed by atoms with Gasteiger partial charge in [0.15, 0.2) is 0 Å². The van der Waals surface area contributed by atoms with E-state index >= 15 is 0 Å². The van der Waals surface area contributed by atoms with Crippen LogP contribution < -0.4 is 25.2 Å².